The van der Waals surface area contributed by atoms with Gasteiger partial charge in [0.2, 0.25) is 10.0 Å². The van der Waals surface area contributed by atoms with Gasteiger partial charge in [-0.15, -0.1) is 0 Å². The van der Waals surface area contributed by atoms with Crippen molar-refractivity contribution in [3.63, 3.8) is 0 Å². The van der Waals surface area contributed by atoms with Crippen LogP contribution in [0, 0.1) is 0 Å². The Bertz CT molecular complexity index is 1020. The highest BCUT2D eigenvalue weighted by atomic mass is 32.2. The molecule has 29 heavy (non-hydrogen) atoms. The third-order valence-electron chi connectivity index (χ3n) is 5.72. The number of ether oxygens (including phenoxy) is 1. The van der Waals surface area contributed by atoms with Crippen molar-refractivity contribution in [2.24, 2.45) is 0 Å². The number of rotatable bonds is 4. The van der Waals surface area contributed by atoms with Gasteiger partial charge in [0, 0.05) is 12.1 Å². The molecule has 4 rings (SSSR count). The monoisotopic (exact) mass is 414 g/mol. The second-order valence-corrected chi connectivity index (χ2v) is 9.64. The van der Waals surface area contributed by atoms with E-state index in [1.807, 2.05) is 18.2 Å². The Morgan fingerprint density at radius 2 is 2.00 bits per heavy atom. The van der Waals surface area contributed by atoms with Gasteiger partial charge in [0.25, 0.3) is 5.91 Å². The topological polar surface area (TPSA) is 75.7 Å². The lowest BCUT2D eigenvalue weighted by atomic mass is 9.87. The average Bonchev–Trinajstić information content (AvgIpc) is 2.73. The summed E-state index contributed by atoms with van der Waals surface area (Å²) in [6.45, 7) is 0.464. The fourth-order valence-electron chi connectivity index (χ4n) is 4.19. The molecule has 2 aliphatic rings. The zero-order valence-electron chi connectivity index (χ0n) is 16.6. The molecule has 0 radical (unpaired) electrons. The maximum Gasteiger partial charge on any atom is 0.251 e. The van der Waals surface area contributed by atoms with Crippen molar-refractivity contribution >= 4 is 21.6 Å². The van der Waals surface area contributed by atoms with Crippen molar-refractivity contribution in [1.82, 2.24) is 5.32 Å². The largest absolute Gasteiger partial charge is 0.497 e. The summed E-state index contributed by atoms with van der Waals surface area (Å²) in [5, 5.41) is 3.13. The normalized spacial score (nSPS) is 20.6. The minimum Gasteiger partial charge on any atom is -0.497 e. The summed E-state index contributed by atoms with van der Waals surface area (Å²) in [4.78, 5) is 12.9. The van der Waals surface area contributed by atoms with Crippen LogP contribution < -0.4 is 14.4 Å². The van der Waals surface area contributed by atoms with Gasteiger partial charge >= 0.3 is 0 Å². The predicted octanol–water partition coefficient (Wildman–Crippen LogP) is 3.43. The van der Waals surface area contributed by atoms with Crippen LogP contribution in [0.3, 0.4) is 0 Å². The van der Waals surface area contributed by atoms with E-state index in [9.17, 15) is 13.2 Å². The molecule has 1 saturated heterocycles. The van der Waals surface area contributed by atoms with E-state index in [2.05, 4.69) is 5.32 Å². The van der Waals surface area contributed by atoms with Gasteiger partial charge in [0.15, 0.2) is 0 Å². The van der Waals surface area contributed by atoms with Gasteiger partial charge in [0.1, 0.15) is 5.75 Å². The summed E-state index contributed by atoms with van der Waals surface area (Å²) >= 11 is 0. The van der Waals surface area contributed by atoms with Crippen molar-refractivity contribution < 1.29 is 17.9 Å². The van der Waals surface area contributed by atoms with Crippen molar-refractivity contribution in [1.29, 1.82) is 0 Å². The summed E-state index contributed by atoms with van der Waals surface area (Å²) in [6, 6.07) is 12.8. The highest BCUT2D eigenvalue weighted by Crippen LogP contribution is 2.32. The Labute approximate surface area is 171 Å². The van der Waals surface area contributed by atoms with Crippen LogP contribution in [0.15, 0.2) is 42.5 Å². The third-order valence-corrected chi connectivity index (χ3v) is 7.58. The number of hydrogen-bond donors (Lipinski definition) is 1. The van der Waals surface area contributed by atoms with Gasteiger partial charge in [-0.05, 0) is 73.6 Å². The van der Waals surface area contributed by atoms with Crippen LogP contribution in [0.25, 0.3) is 0 Å². The lowest BCUT2D eigenvalue weighted by Gasteiger charge is -2.29. The highest BCUT2D eigenvalue weighted by molar-refractivity contribution is 7.92. The number of nitrogens with one attached hydrogen (secondary N) is 1. The van der Waals surface area contributed by atoms with Crippen LogP contribution in [0.1, 0.15) is 53.2 Å². The molecule has 0 spiro atoms. The molecule has 1 N–H and O–H groups in total. The average molecular weight is 415 g/mol. The zero-order chi connectivity index (χ0) is 20.4. The van der Waals surface area contributed by atoms with E-state index in [0.717, 1.165) is 37.0 Å². The molecule has 1 heterocycles. The van der Waals surface area contributed by atoms with E-state index in [1.54, 1.807) is 31.4 Å². The lowest BCUT2D eigenvalue weighted by molar-refractivity contribution is 0.0932. The first kappa shape index (κ1) is 19.8. The predicted molar refractivity (Wildman–Crippen MR) is 113 cm³/mol. The summed E-state index contributed by atoms with van der Waals surface area (Å²) < 4.78 is 31.5. The lowest BCUT2D eigenvalue weighted by Crippen LogP contribution is -2.38. The quantitative estimate of drug-likeness (QED) is 0.832. The number of sulfonamides is 1. The Morgan fingerprint density at radius 3 is 2.79 bits per heavy atom. The highest BCUT2D eigenvalue weighted by Gasteiger charge is 2.27. The van der Waals surface area contributed by atoms with Gasteiger partial charge < -0.3 is 10.1 Å². The Balaban J connectivity index is 1.54. The van der Waals surface area contributed by atoms with Crippen molar-refractivity contribution in [2.45, 2.75) is 38.1 Å². The van der Waals surface area contributed by atoms with Crippen LogP contribution in [0.4, 0.5) is 5.69 Å². The van der Waals surface area contributed by atoms with Gasteiger partial charge in [-0.1, -0.05) is 12.1 Å². The minimum absolute atomic E-state index is 0.0560. The van der Waals surface area contributed by atoms with Gasteiger partial charge in [0.05, 0.1) is 24.6 Å². The summed E-state index contributed by atoms with van der Waals surface area (Å²) in [5.41, 5.74) is 3.37. The first-order chi connectivity index (χ1) is 14.0. The van der Waals surface area contributed by atoms with E-state index in [1.165, 1.54) is 9.87 Å². The maximum atomic E-state index is 12.9. The first-order valence-electron chi connectivity index (χ1n) is 10.1. The minimum atomic E-state index is -3.30. The van der Waals surface area contributed by atoms with Crippen LogP contribution in [-0.4, -0.2) is 33.7 Å². The third kappa shape index (κ3) is 4.10. The standard InChI is InChI=1S/C22H26N2O4S/c1-28-19-10-11-20-16(15-19)6-5-9-21(20)23-22(25)17-7-4-8-18(14-17)24-12-2-3-13-29(24,26)27/h4,7-8,10-11,14-15,21H,2-3,5-6,9,12-13H2,1H3,(H,23,25)/t21-/m1/s1. The number of fused-ring (bicyclic) bond motifs is 1. The van der Waals surface area contributed by atoms with Gasteiger partial charge in [-0.25, -0.2) is 8.42 Å². The molecule has 7 heteroatoms. The molecule has 0 bridgehead atoms. The Kier molecular flexibility index (Phi) is 5.50. The second-order valence-electron chi connectivity index (χ2n) is 7.63. The van der Waals surface area contributed by atoms with E-state index in [-0.39, 0.29) is 17.7 Å². The van der Waals surface area contributed by atoms with Gasteiger partial charge in [-0.2, -0.15) is 0 Å². The Morgan fingerprint density at radius 1 is 1.14 bits per heavy atom. The van der Waals surface area contributed by atoms with E-state index >= 15 is 0 Å². The number of carbonyl (C=O) groups is 1. The van der Waals surface area contributed by atoms with E-state index in [4.69, 9.17) is 4.74 Å². The molecule has 0 saturated carbocycles. The number of nitrogens with zero attached hydrogens (tertiary/aromatic N) is 1. The van der Waals surface area contributed by atoms with Crippen LogP contribution in [-0.2, 0) is 16.4 Å². The molecule has 2 aromatic rings. The number of carbonyl (C=O) groups excluding carboxylic acids is 1. The molecule has 0 aromatic heterocycles. The first-order valence-corrected chi connectivity index (χ1v) is 11.7. The van der Waals surface area contributed by atoms with Crippen LogP contribution in [0.5, 0.6) is 5.75 Å². The van der Waals surface area contributed by atoms with Crippen LogP contribution in [0.2, 0.25) is 0 Å². The van der Waals surface area contributed by atoms with Crippen molar-refractivity contribution in [3.05, 3.63) is 59.2 Å². The molecule has 1 amide bonds. The van der Waals surface area contributed by atoms with Crippen molar-refractivity contribution in [3.8, 4) is 5.75 Å². The summed E-state index contributed by atoms with van der Waals surface area (Å²) in [6.07, 6.45) is 4.37. The van der Waals surface area contributed by atoms with E-state index in [0.29, 0.717) is 24.2 Å². The smallest absolute Gasteiger partial charge is 0.251 e. The number of methoxy groups -OCH3 is 1. The molecular weight excluding hydrogens is 388 g/mol. The van der Waals surface area contributed by atoms with Crippen LogP contribution >= 0.6 is 0 Å². The molecule has 154 valence electrons. The fraction of sp³-hybridized carbons (Fsp3) is 0.409. The molecule has 1 aliphatic carbocycles. The summed E-state index contributed by atoms with van der Waals surface area (Å²) in [5.74, 6) is 0.798. The number of benzene rings is 2. The van der Waals surface area contributed by atoms with E-state index < -0.39 is 10.0 Å². The molecule has 1 atom stereocenters. The molecule has 1 aliphatic heterocycles. The SMILES string of the molecule is COc1ccc2c(c1)CCC[C@H]2NC(=O)c1cccc(N2CCCCS2(=O)=O)c1. The number of anilines is 1. The molecular formula is C22H26N2O4S. The number of amides is 1. The molecule has 0 unspecified atom stereocenters. The molecule has 2 aromatic carbocycles. The van der Waals surface area contributed by atoms with Crippen molar-refractivity contribution in [2.75, 3.05) is 23.7 Å². The maximum absolute atomic E-state index is 12.9. The summed E-state index contributed by atoms with van der Waals surface area (Å²) in [7, 11) is -1.65. The molecule has 6 nitrogen and oxygen atoms in total. The second kappa shape index (κ2) is 8.06. The number of aryl methyl sites for hydroxylation is 1. The zero-order valence-corrected chi connectivity index (χ0v) is 17.4. The Hall–Kier alpha value is -2.54. The molecule has 1 fully saturated rings. The van der Waals surface area contributed by atoms with Gasteiger partial charge in [-0.3, -0.25) is 9.10 Å². The fourth-order valence-corrected chi connectivity index (χ4v) is 5.82. The number of hydrogen-bond acceptors (Lipinski definition) is 4.